The third kappa shape index (κ3) is 3.58. The molecule has 1 N–H and O–H groups in total. The smallest absolute Gasteiger partial charge is 0.275 e. The number of aromatic nitrogens is 3. The normalized spacial score (nSPS) is 13.0. The van der Waals surface area contributed by atoms with E-state index < -0.39 is 11.5 Å². The van der Waals surface area contributed by atoms with Crippen LogP contribution in [0.4, 0.5) is 10.2 Å². The SMILES string of the molecule is CC(C)(C)c1cc(NC(=O)C(F)Cl)n(-c2ccccn2)n1. The van der Waals surface area contributed by atoms with Crippen molar-refractivity contribution in [2.45, 2.75) is 31.8 Å². The monoisotopic (exact) mass is 310 g/mol. The van der Waals surface area contributed by atoms with Gasteiger partial charge in [-0.25, -0.2) is 9.37 Å². The molecule has 0 aliphatic rings. The molecule has 2 aromatic heterocycles. The summed E-state index contributed by atoms with van der Waals surface area (Å²) in [5.74, 6) is -0.0885. The van der Waals surface area contributed by atoms with Crippen LogP contribution in [0.3, 0.4) is 0 Å². The first kappa shape index (κ1) is 15.4. The van der Waals surface area contributed by atoms with Gasteiger partial charge in [-0.2, -0.15) is 9.78 Å². The molecular formula is C14H16ClFN4O. The van der Waals surface area contributed by atoms with Gasteiger partial charge in [0.05, 0.1) is 5.69 Å². The predicted octanol–water partition coefficient (Wildman–Crippen LogP) is 3.04. The Morgan fingerprint density at radius 2 is 2.14 bits per heavy atom. The second-order valence-electron chi connectivity index (χ2n) is 5.55. The van der Waals surface area contributed by atoms with E-state index in [1.165, 1.54) is 4.68 Å². The second-order valence-corrected chi connectivity index (χ2v) is 5.94. The van der Waals surface area contributed by atoms with Gasteiger partial charge in [-0.1, -0.05) is 38.4 Å². The third-order valence-electron chi connectivity index (χ3n) is 2.79. The van der Waals surface area contributed by atoms with Crippen molar-refractivity contribution < 1.29 is 9.18 Å². The van der Waals surface area contributed by atoms with Crippen molar-refractivity contribution in [2.24, 2.45) is 0 Å². The Morgan fingerprint density at radius 1 is 1.43 bits per heavy atom. The first-order valence-corrected chi connectivity index (χ1v) is 6.83. The maximum Gasteiger partial charge on any atom is 0.275 e. The van der Waals surface area contributed by atoms with Crippen molar-refractivity contribution in [1.29, 1.82) is 0 Å². The van der Waals surface area contributed by atoms with Crippen LogP contribution in [0.5, 0.6) is 0 Å². The lowest BCUT2D eigenvalue weighted by Gasteiger charge is -2.13. The van der Waals surface area contributed by atoms with Gasteiger partial charge in [0.15, 0.2) is 5.82 Å². The van der Waals surface area contributed by atoms with Gasteiger partial charge in [0, 0.05) is 17.7 Å². The number of pyridine rings is 1. The standard InChI is InChI=1S/C14H16ClFN4O/c1-14(2,3)9-8-11(18-13(21)12(15)16)20(19-9)10-6-4-5-7-17-10/h4-8,12H,1-3H3,(H,18,21). The summed E-state index contributed by atoms with van der Waals surface area (Å²) in [6.45, 7) is 5.97. The topological polar surface area (TPSA) is 59.8 Å². The molecule has 0 saturated heterocycles. The van der Waals surface area contributed by atoms with Crippen LogP contribution in [0.15, 0.2) is 30.5 Å². The zero-order valence-electron chi connectivity index (χ0n) is 12.0. The molecule has 1 atom stereocenters. The molecule has 112 valence electrons. The minimum Gasteiger partial charge on any atom is -0.307 e. The molecular weight excluding hydrogens is 295 g/mol. The molecule has 0 spiro atoms. The Bertz CT molecular complexity index is 634. The van der Waals surface area contributed by atoms with Gasteiger partial charge in [0.2, 0.25) is 0 Å². The zero-order valence-corrected chi connectivity index (χ0v) is 12.7. The fourth-order valence-corrected chi connectivity index (χ4v) is 1.73. The molecule has 2 rings (SSSR count). The van der Waals surface area contributed by atoms with Crippen LogP contribution in [0.1, 0.15) is 26.5 Å². The fourth-order valence-electron chi connectivity index (χ4n) is 1.67. The average molecular weight is 311 g/mol. The Kier molecular flexibility index (Phi) is 4.27. The number of rotatable bonds is 3. The van der Waals surface area contributed by atoms with E-state index in [2.05, 4.69) is 15.4 Å². The number of anilines is 1. The summed E-state index contributed by atoms with van der Waals surface area (Å²) in [6, 6.07) is 6.99. The number of amides is 1. The Hall–Kier alpha value is -1.95. The van der Waals surface area contributed by atoms with Crippen molar-refractivity contribution in [2.75, 3.05) is 5.32 Å². The maximum atomic E-state index is 12.9. The molecule has 0 saturated carbocycles. The Balaban J connectivity index is 2.47. The molecule has 7 heteroatoms. The molecule has 1 amide bonds. The predicted molar refractivity (Wildman–Crippen MR) is 79.4 cm³/mol. The van der Waals surface area contributed by atoms with E-state index in [1.807, 2.05) is 20.8 Å². The van der Waals surface area contributed by atoms with Gasteiger partial charge in [-0.15, -0.1) is 0 Å². The molecule has 1 unspecified atom stereocenters. The van der Waals surface area contributed by atoms with Crippen LogP contribution in [0.25, 0.3) is 5.82 Å². The molecule has 21 heavy (non-hydrogen) atoms. The first-order valence-electron chi connectivity index (χ1n) is 6.40. The summed E-state index contributed by atoms with van der Waals surface area (Å²) < 4.78 is 14.3. The molecule has 0 aliphatic carbocycles. The van der Waals surface area contributed by atoms with Crippen LogP contribution in [-0.2, 0) is 10.2 Å². The van der Waals surface area contributed by atoms with Crippen molar-refractivity contribution in [3.63, 3.8) is 0 Å². The minimum atomic E-state index is -2.12. The Labute approximate surface area is 127 Å². The molecule has 2 heterocycles. The van der Waals surface area contributed by atoms with E-state index in [4.69, 9.17) is 11.6 Å². The fraction of sp³-hybridized carbons (Fsp3) is 0.357. The van der Waals surface area contributed by atoms with E-state index in [9.17, 15) is 9.18 Å². The molecule has 0 fully saturated rings. The maximum absolute atomic E-state index is 12.9. The highest BCUT2D eigenvalue weighted by atomic mass is 35.5. The summed E-state index contributed by atoms with van der Waals surface area (Å²) in [4.78, 5) is 15.7. The Morgan fingerprint density at radius 3 is 2.67 bits per heavy atom. The summed E-state index contributed by atoms with van der Waals surface area (Å²) >= 11 is 5.15. The summed E-state index contributed by atoms with van der Waals surface area (Å²) in [5.41, 5.74) is -1.60. The molecule has 0 bridgehead atoms. The van der Waals surface area contributed by atoms with E-state index in [-0.39, 0.29) is 5.41 Å². The lowest BCUT2D eigenvalue weighted by Crippen LogP contribution is -2.21. The summed E-state index contributed by atoms with van der Waals surface area (Å²) in [5, 5.41) is 6.85. The molecule has 5 nitrogen and oxygen atoms in total. The van der Waals surface area contributed by atoms with Gasteiger partial charge in [-0.05, 0) is 12.1 Å². The summed E-state index contributed by atoms with van der Waals surface area (Å²) in [6.07, 6.45) is 1.61. The van der Waals surface area contributed by atoms with Crippen LogP contribution in [0, 0.1) is 0 Å². The van der Waals surface area contributed by atoms with E-state index in [1.54, 1.807) is 30.5 Å². The lowest BCUT2D eigenvalue weighted by atomic mass is 9.92. The number of carbonyl (C=O) groups excluding carboxylic acids is 1. The van der Waals surface area contributed by atoms with Crippen molar-refractivity contribution >= 4 is 23.3 Å². The van der Waals surface area contributed by atoms with E-state index >= 15 is 0 Å². The number of alkyl halides is 2. The van der Waals surface area contributed by atoms with Gasteiger partial charge in [-0.3, -0.25) is 4.79 Å². The van der Waals surface area contributed by atoms with E-state index in [0.29, 0.717) is 11.6 Å². The molecule has 0 aliphatic heterocycles. The minimum absolute atomic E-state index is 0.227. The van der Waals surface area contributed by atoms with Crippen molar-refractivity contribution in [3.8, 4) is 5.82 Å². The molecule has 2 aromatic rings. The number of carbonyl (C=O) groups is 1. The number of nitrogens with one attached hydrogen (secondary N) is 1. The van der Waals surface area contributed by atoms with Gasteiger partial charge < -0.3 is 5.32 Å². The summed E-state index contributed by atoms with van der Waals surface area (Å²) in [7, 11) is 0. The number of hydrogen-bond acceptors (Lipinski definition) is 3. The van der Waals surface area contributed by atoms with Crippen LogP contribution >= 0.6 is 11.6 Å². The van der Waals surface area contributed by atoms with Crippen molar-refractivity contribution in [3.05, 3.63) is 36.2 Å². The van der Waals surface area contributed by atoms with Crippen LogP contribution < -0.4 is 5.32 Å². The quantitative estimate of drug-likeness (QED) is 0.886. The van der Waals surface area contributed by atoms with Crippen LogP contribution in [0.2, 0.25) is 0 Å². The lowest BCUT2D eigenvalue weighted by molar-refractivity contribution is -0.118. The largest absolute Gasteiger partial charge is 0.307 e. The van der Waals surface area contributed by atoms with Crippen LogP contribution in [-0.4, -0.2) is 26.3 Å². The number of halogens is 2. The zero-order chi connectivity index (χ0) is 15.6. The average Bonchev–Trinajstić information content (AvgIpc) is 2.83. The van der Waals surface area contributed by atoms with Gasteiger partial charge in [0.1, 0.15) is 5.82 Å². The highest BCUT2D eigenvalue weighted by molar-refractivity contribution is 6.31. The highest BCUT2D eigenvalue weighted by Gasteiger charge is 2.23. The van der Waals surface area contributed by atoms with Crippen molar-refractivity contribution in [1.82, 2.24) is 14.8 Å². The van der Waals surface area contributed by atoms with Gasteiger partial charge >= 0.3 is 0 Å². The number of nitrogens with zero attached hydrogens (tertiary/aromatic N) is 3. The first-order chi connectivity index (χ1) is 9.79. The highest BCUT2D eigenvalue weighted by Crippen LogP contribution is 2.26. The third-order valence-corrected chi connectivity index (χ3v) is 2.99. The van der Waals surface area contributed by atoms with Gasteiger partial charge in [0.25, 0.3) is 11.5 Å². The number of hydrogen-bond donors (Lipinski definition) is 1. The second kappa shape index (κ2) is 5.81. The van der Waals surface area contributed by atoms with E-state index in [0.717, 1.165) is 5.69 Å². The molecule has 0 aromatic carbocycles. The molecule has 0 radical (unpaired) electrons.